The Kier molecular flexibility index (Phi) is 2.85. The minimum Gasteiger partial charge on any atom is -0.451 e. The molecule has 0 spiro atoms. The van der Waals surface area contributed by atoms with Gasteiger partial charge in [-0.2, -0.15) is 0 Å². The molecular formula is C5H11O2P. The summed E-state index contributed by atoms with van der Waals surface area (Å²) in [4.78, 5) is 0. The topological polar surface area (TPSA) is 26.3 Å². The van der Waals surface area contributed by atoms with Crippen LogP contribution in [-0.4, -0.2) is 13.3 Å². The van der Waals surface area contributed by atoms with Crippen molar-refractivity contribution in [3.05, 3.63) is 12.3 Å². The Morgan fingerprint density at radius 2 is 2.00 bits per heavy atom. The van der Waals surface area contributed by atoms with E-state index in [9.17, 15) is 4.57 Å². The van der Waals surface area contributed by atoms with E-state index < -0.39 is 7.37 Å². The Labute approximate surface area is 50.0 Å². The van der Waals surface area contributed by atoms with Crippen molar-refractivity contribution in [1.82, 2.24) is 0 Å². The van der Waals surface area contributed by atoms with Gasteiger partial charge in [0.05, 0.1) is 6.26 Å². The van der Waals surface area contributed by atoms with E-state index in [0.29, 0.717) is 0 Å². The molecule has 48 valence electrons. The van der Waals surface area contributed by atoms with Gasteiger partial charge >= 0.3 is 0 Å². The molecule has 0 aliphatic heterocycles. The van der Waals surface area contributed by atoms with Crippen LogP contribution in [0.15, 0.2) is 12.3 Å². The second-order valence-electron chi connectivity index (χ2n) is 1.83. The summed E-state index contributed by atoms with van der Waals surface area (Å²) >= 11 is 0. The lowest BCUT2D eigenvalue weighted by Gasteiger charge is -2.02. The maximum Gasteiger partial charge on any atom is 0.241 e. The quantitative estimate of drug-likeness (QED) is 0.427. The maximum absolute atomic E-state index is 10.7. The first-order valence-corrected chi connectivity index (χ1v) is 4.93. The SMILES string of the molecule is CC=COP(C)(C)=O. The predicted molar refractivity (Wildman–Crippen MR) is 35.4 cm³/mol. The van der Waals surface area contributed by atoms with E-state index in [1.807, 2.05) is 6.92 Å². The molecule has 0 atom stereocenters. The predicted octanol–water partition coefficient (Wildman–Crippen LogP) is 2.07. The zero-order chi connectivity index (χ0) is 6.62. The lowest BCUT2D eigenvalue weighted by atomic mass is 10.8. The van der Waals surface area contributed by atoms with Crippen molar-refractivity contribution in [2.75, 3.05) is 13.3 Å². The Morgan fingerprint density at radius 3 is 2.12 bits per heavy atom. The summed E-state index contributed by atoms with van der Waals surface area (Å²) in [6.07, 6.45) is 3.15. The van der Waals surface area contributed by atoms with Crippen LogP contribution in [-0.2, 0) is 9.09 Å². The molecule has 3 heteroatoms. The minimum atomic E-state index is -2.27. The summed E-state index contributed by atoms with van der Waals surface area (Å²) in [6.45, 7) is 4.97. The van der Waals surface area contributed by atoms with Crippen molar-refractivity contribution in [2.45, 2.75) is 6.92 Å². The smallest absolute Gasteiger partial charge is 0.241 e. The first kappa shape index (κ1) is 7.77. The maximum atomic E-state index is 10.7. The highest BCUT2D eigenvalue weighted by molar-refractivity contribution is 7.57. The minimum absolute atomic E-state index is 1.45. The van der Waals surface area contributed by atoms with E-state index in [1.54, 1.807) is 19.4 Å². The molecule has 0 saturated carbocycles. The van der Waals surface area contributed by atoms with Crippen molar-refractivity contribution >= 4 is 7.37 Å². The van der Waals surface area contributed by atoms with E-state index in [2.05, 4.69) is 0 Å². The standard InChI is InChI=1S/C5H11O2P/c1-4-5-7-8(2,3)6/h4-5H,1-3H3. The van der Waals surface area contributed by atoms with Crippen molar-refractivity contribution in [3.63, 3.8) is 0 Å². The molecule has 0 aromatic carbocycles. The van der Waals surface area contributed by atoms with Crippen LogP contribution in [0.3, 0.4) is 0 Å². The van der Waals surface area contributed by atoms with E-state index in [1.165, 1.54) is 6.26 Å². The molecule has 0 fully saturated rings. The average molecular weight is 134 g/mol. The first-order chi connectivity index (χ1) is 3.56. The first-order valence-electron chi connectivity index (χ1n) is 2.41. The molecule has 0 saturated heterocycles. The molecule has 0 radical (unpaired) electrons. The van der Waals surface area contributed by atoms with Gasteiger partial charge in [0.25, 0.3) is 0 Å². The highest BCUT2D eigenvalue weighted by atomic mass is 31.2. The molecule has 0 amide bonds. The van der Waals surface area contributed by atoms with Crippen LogP contribution in [0.25, 0.3) is 0 Å². The fourth-order valence-electron chi connectivity index (χ4n) is 0.207. The van der Waals surface area contributed by atoms with Crippen molar-refractivity contribution in [3.8, 4) is 0 Å². The van der Waals surface area contributed by atoms with Crippen LogP contribution in [0.5, 0.6) is 0 Å². The number of hydrogen-bond acceptors (Lipinski definition) is 2. The Hall–Kier alpha value is -0.230. The molecular weight excluding hydrogens is 123 g/mol. The van der Waals surface area contributed by atoms with Gasteiger partial charge in [-0.1, -0.05) is 6.08 Å². The Balaban J connectivity index is 3.57. The van der Waals surface area contributed by atoms with Crippen molar-refractivity contribution in [2.24, 2.45) is 0 Å². The summed E-state index contributed by atoms with van der Waals surface area (Å²) < 4.78 is 15.5. The van der Waals surface area contributed by atoms with E-state index in [-0.39, 0.29) is 0 Å². The van der Waals surface area contributed by atoms with Gasteiger partial charge in [0, 0.05) is 13.3 Å². The molecule has 0 unspecified atom stereocenters. The highest BCUT2D eigenvalue weighted by Crippen LogP contribution is 2.37. The van der Waals surface area contributed by atoms with Crippen LogP contribution < -0.4 is 0 Å². The van der Waals surface area contributed by atoms with Gasteiger partial charge in [-0.15, -0.1) is 0 Å². The monoisotopic (exact) mass is 134 g/mol. The molecule has 0 N–H and O–H groups in total. The van der Waals surface area contributed by atoms with Gasteiger partial charge in [0.15, 0.2) is 0 Å². The molecule has 0 aromatic rings. The Bertz CT molecular complexity index is 122. The second-order valence-corrected chi connectivity index (χ2v) is 4.54. The lowest BCUT2D eigenvalue weighted by Crippen LogP contribution is -1.74. The molecule has 0 aliphatic carbocycles. The van der Waals surface area contributed by atoms with E-state index in [0.717, 1.165) is 0 Å². The number of allylic oxidation sites excluding steroid dienone is 1. The zero-order valence-corrected chi connectivity index (χ0v) is 6.31. The summed E-state index contributed by atoms with van der Waals surface area (Å²) in [7, 11) is -2.27. The van der Waals surface area contributed by atoms with Crippen molar-refractivity contribution < 1.29 is 9.09 Å². The fourth-order valence-corrected chi connectivity index (χ4v) is 0.622. The van der Waals surface area contributed by atoms with Gasteiger partial charge in [0.2, 0.25) is 7.37 Å². The van der Waals surface area contributed by atoms with Crippen LogP contribution >= 0.6 is 7.37 Å². The molecule has 0 rings (SSSR count). The van der Waals surface area contributed by atoms with Crippen LogP contribution in [0, 0.1) is 0 Å². The third-order valence-electron chi connectivity index (χ3n) is 0.451. The van der Waals surface area contributed by atoms with Crippen LogP contribution in [0.1, 0.15) is 6.92 Å². The average Bonchev–Trinajstić information content (AvgIpc) is 1.59. The van der Waals surface area contributed by atoms with Gasteiger partial charge in [0.1, 0.15) is 0 Å². The molecule has 0 aliphatic rings. The lowest BCUT2D eigenvalue weighted by molar-refractivity contribution is 0.451. The summed E-state index contributed by atoms with van der Waals surface area (Å²) in [6, 6.07) is 0. The molecule has 0 heterocycles. The summed E-state index contributed by atoms with van der Waals surface area (Å²) in [5.74, 6) is 0. The molecule has 0 aromatic heterocycles. The second kappa shape index (κ2) is 2.93. The molecule has 8 heavy (non-hydrogen) atoms. The van der Waals surface area contributed by atoms with Crippen molar-refractivity contribution in [1.29, 1.82) is 0 Å². The van der Waals surface area contributed by atoms with E-state index >= 15 is 0 Å². The molecule has 0 bridgehead atoms. The van der Waals surface area contributed by atoms with Gasteiger partial charge in [-0.3, -0.25) is 4.57 Å². The third kappa shape index (κ3) is 5.77. The Morgan fingerprint density at radius 1 is 1.50 bits per heavy atom. The zero-order valence-electron chi connectivity index (χ0n) is 5.42. The van der Waals surface area contributed by atoms with Gasteiger partial charge < -0.3 is 4.52 Å². The van der Waals surface area contributed by atoms with Crippen LogP contribution in [0.2, 0.25) is 0 Å². The van der Waals surface area contributed by atoms with E-state index in [4.69, 9.17) is 4.52 Å². The van der Waals surface area contributed by atoms with Gasteiger partial charge in [-0.25, -0.2) is 0 Å². The highest BCUT2D eigenvalue weighted by Gasteiger charge is 2.01. The third-order valence-corrected chi connectivity index (χ3v) is 1.08. The normalized spacial score (nSPS) is 12.4. The summed E-state index contributed by atoms with van der Waals surface area (Å²) in [5.41, 5.74) is 0. The number of rotatable bonds is 2. The largest absolute Gasteiger partial charge is 0.451 e. The number of hydrogen-bond donors (Lipinski definition) is 0. The summed E-state index contributed by atoms with van der Waals surface area (Å²) in [5, 5.41) is 0. The fraction of sp³-hybridized carbons (Fsp3) is 0.600. The van der Waals surface area contributed by atoms with Crippen LogP contribution in [0.4, 0.5) is 0 Å². The van der Waals surface area contributed by atoms with Gasteiger partial charge in [-0.05, 0) is 6.92 Å². The molecule has 2 nitrogen and oxygen atoms in total.